The number of esters is 2. The van der Waals surface area contributed by atoms with Crippen molar-refractivity contribution in [3.05, 3.63) is 48.1 Å². The molecule has 0 unspecified atom stereocenters. The Balaban J connectivity index is 2.65. The summed E-state index contributed by atoms with van der Waals surface area (Å²) in [7, 11) is 2.91. The van der Waals surface area contributed by atoms with E-state index in [0.29, 0.717) is 0 Å². The molecule has 32 heavy (non-hydrogen) atoms. The largest absolute Gasteiger partial charge is 0.469 e. The molecule has 180 valence electrons. The van der Waals surface area contributed by atoms with Crippen LogP contribution in [-0.4, -0.2) is 56.9 Å². The van der Waals surface area contributed by atoms with Gasteiger partial charge in [-0.05, 0) is 38.8 Å². The predicted octanol–water partition coefficient (Wildman–Crippen LogP) is 4.29. The van der Waals surface area contributed by atoms with Crippen LogP contribution in [0.25, 0.3) is 0 Å². The molecular weight excluding hydrogens is 412 g/mol. The van der Waals surface area contributed by atoms with Crippen molar-refractivity contribution in [2.75, 3.05) is 20.8 Å². The molecule has 0 aliphatic carbocycles. The van der Waals surface area contributed by atoms with E-state index in [-0.39, 0.29) is 49.2 Å². The summed E-state index contributed by atoms with van der Waals surface area (Å²) >= 11 is 0. The van der Waals surface area contributed by atoms with E-state index in [0.717, 1.165) is 12.0 Å². The van der Waals surface area contributed by atoms with E-state index in [4.69, 9.17) is 18.9 Å². The van der Waals surface area contributed by atoms with Gasteiger partial charge in [0.2, 0.25) is 0 Å². The highest BCUT2D eigenvalue weighted by atomic mass is 16.7. The summed E-state index contributed by atoms with van der Waals surface area (Å²) in [6.45, 7) is 9.54. The molecule has 0 saturated carbocycles. The van der Waals surface area contributed by atoms with E-state index >= 15 is 0 Å². The third-order valence-corrected chi connectivity index (χ3v) is 5.11. The molecule has 1 rings (SSSR count). The molecule has 7 heteroatoms. The first-order valence-corrected chi connectivity index (χ1v) is 10.8. The molecule has 0 amide bonds. The molecule has 0 aromatic heterocycles. The minimum absolute atomic E-state index is 0.0149. The molecule has 0 aromatic rings. The van der Waals surface area contributed by atoms with Crippen molar-refractivity contribution in [1.82, 2.24) is 0 Å². The maximum Gasteiger partial charge on any atom is 0.308 e. The number of ether oxygens (including phenoxy) is 5. The number of methoxy groups -OCH3 is 2. The Morgan fingerprint density at radius 2 is 1.75 bits per heavy atom. The average Bonchev–Trinajstić information content (AvgIpc) is 2.73. The molecule has 0 bridgehead atoms. The first kappa shape index (κ1) is 27.8. The van der Waals surface area contributed by atoms with Gasteiger partial charge in [0, 0.05) is 20.0 Å². The maximum absolute atomic E-state index is 11.3. The number of carbonyl (C=O) groups is 2. The van der Waals surface area contributed by atoms with Gasteiger partial charge in [0.15, 0.2) is 5.79 Å². The molecule has 0 radical (unpaired) electrons. The van der Waals surface area contributed by atoms with Crippen LogP contribution in [0.4, 0.5) is 0 Å². The maximum atomic E-state index is 11.3. The zero-order chi connectivity index (χ0) is 24.1. The van der Waals surface area contributed by atoms with Crippen LogP contribution in [0, 0.1) is 5.92 Å². The number of carbonyl (C=O) groups excluding carboxylic acids is 2. The third kappa shape index (κ3) is 10.4. The van der Waals surface area contributed by atoms with Crippen molar-refractivity contribution in [2.45, 2.75) is 71.6 Å². The van der Waals surface area contributed by atoms with Crippen LogP contribution < -0.4 is 0 Å². The molecule has 1 saturated heterocycles. The standard InChI is InChI=1S/C25H38O7/c1-18(15-16-30-20(3)26)24-19(2)22(31-25(4,5)32-24)14-12-10-8-9-11-13-21(28-6)17-23(27)29-7/h8-13,15,19,21-22,24H,14,16-17H2,1-7H3/b9-8+,12-10+,13-11+,18-15-/t19-,21-,22-,24-/m0/s1. The van der Waals surface area contributed by atoms with Gasteiger partial charge in [-0.1, -0.05) is 43.4 Å². The van der Waals surface area contributed by atoms with Crippen LogP contribution in [0.1, 0.15) is 47.5 Å². The summed E-state index contributed by atoms with van der Waals surface area (Å²) in [5, 5.41) is 0. The molecule has 1 aliphatic rings. The van der Waals surface area contributed by atoms with Crippen molar-refractivity contribution >= 4 is 11.9 Å². The monoisotopic (exact) mass is 450 g/mol. The first-order valence-electron chi connectivity index (χ1n) is 10.8. The Hall–Kier alpha value is -2.22. The Morgan fingerprint density at radius 1 is 1.06 bits per heavy atom. The number of hydrogen-bond donors (Lipinski definition) is 0. The van der Waals surface area contributed by atoms with Crippen molar-refractivity contribution in [1.29, 1.82) is 0 Å². The summed E-state index contributed by atoms with van der Waals surface area (Å²) in [4.78, 5) is 22.3. The van der Waals surface area contributed by atoms with Crippen LogP contribution >= 0.6 is 0 Å². The second-order valence-corrected chi connectivity index (χ2v) is 8.19. The van der Waals surface area contributed by atoms with E-state index in [9.17, 15) is 9.59 Å². The third-order valence-electron chi connectivity index (χ3n) is 5.11. The molecule has 0 spiro atoms. The lowest BCUT2D eigenvalue weighted by atomic mass is 9.89. The fourth-order valence-electron chi connectivity index (χ4n) is 3.37. The molecule has 1 heterocycles. The second-order valence-electron chi connectivity index (χ2n) is 8.19. The van der Waals surface area contributed by atoms with E-state index in [1.807, 2.05) is 57.2 Å². The number of rotatable bonds is 11. The van der Waals surface area contributed by atoms with Gasteiger partial charge in [0.25, 0.3) is 0 Å². The highest BCUT2D eigenvalue weighted by molar-refractivity contribution is 5.70. The molecule has 4 atom stereocenters. The molecule has 1 fully saturated rings. The summed E-state index contributed by atoms with van der Waals surface area (Å²) < 4.78 is 27.2. The Bertz CT molecular complexity index is 718. The normalized spacial score (nSPS) is 24.8. The zero-order valence-electron chi connectivity index (χ0n) is 20.3. The van der Waals surface area contributed by atoms with Crippen molar-refractivity contribution in [3.63, 3.8) is 0 Å². The molecule has 7 nitrogen and oxygen atoms in total. The van der Waals surface area contributed by atoms with Crippen molar-refractivity contribution in [2.24, 2.45) is 5.92 Å². The van der Waals surface area contributed by atoms with Crippen LogP contribution in [0.2, 0.25) is 0 Å². The molecule has 0 aromatic carbocycles. The Morgan fingerprint density at radius 3 is 2.38 bits per heavy atom. The van der Waals surface area contributed by atoms with E-state index in [2.05, 4.69) is 17.7 Å². The average molecular weight is 451 g/mol. The van der Waals surface area contributed by atoms with E-state index < -0.39 is 5.79 Å². The van der Waals surface area contributed by atoms with Gasteiger partial charge in [0.1, 0.15) is 6.61 Å². The van der Waals surface area contributed by atoms with Gasteiger partial charge in [-0.2, -0.15) is 0 Å². The number of allylic oxidation sites excluding steroid dienone is 4. The highest BCUT2D eigenvalue weighted by Crippen LogP contribution is 2.35. The van der Waals surface area contributed by atoms with Gasteiger partial charge in [0.05, 0.1) is 31.8 Å². The lowest BCUT2D eigenvalue weighted by Gasteiger charge is -2.45. The minimum atomic E-state index is -0.709. The Labute approximate surface area is 192 Å². The van der Waals surface area contributed by atoms with E-state index in [1.165, 1.54) is 14.0 Å². The fourth-order valence-corrected chi connectivity index (χ4v) is 3.37. The van der Waals surface area contributed by atoms with Crippen LogP contribution in [-0.2, 0) is 33.3 Å². The molecule has 0 N–H and O–H groups in total. The van der Waals surface area contributed by atoms with Crippen molar-refractivity contribution in [3.8, 4) is 0 Å². The molecule has 1 aliphatic heterocycles. The summed E-state index contributed by atoms with van der Waals surface area (Å²) in [6, 6.07) is 0. The SMILES string of the molecule is COC(=O)C[C@H](/C=C/C=C/C=C/C[C@@H]1OC(C)(C)O[C@@H](/C(C)=C\COC(C)=O)[C@H]1C)OC. The van der Waals surface area contributed by atoms with E-state index in [1.54, 1.807) is 7.11 Å². The van der Waals surface area contributed by atoms with Gasteiger partial charge < -0.3 is 23.7 Å². The van der Waals surface area contributed by atoms with Gasteiger partial charge in [-0.15, -0.1) is 0 Å². The minimum Gasteiger partial charge on any atom is -0.469 e. The lowest BCUT2D eigenvalue weighted by Crippen LogP contribution is -2.50. The zero-order valence-corrected chi connectivity index (χ0v) is 20.3. The highest BCUT2D eigenvalue weighted by Gasteiger charge is 2.40. The second kappa shape index (κ2) is 14.0. The summed E-state index contributed by atoms with van der Waals surface area (Å²) in [6.07, 6.45) is 13.8. The van der Waals surface area contributed by atoms with Crippen LogP contribution in [0.15, 0.2) is 48.1 Å². The summed E-state index contributed by atoms with van der Waals surface area (Å²) in [5.74, 6) is -1.19. The predicted molar refractivity (Wildman–Crippen MR) is 123 cm³/mol. The van der Waals surface area contributed by atoms with Gasteiger partial charge in [-0.3, -0.25) is 9.59 Å². The van der Waals surface area contributed by atoms with Gasteiger partial charge in [-0.25, -0.2) is 0 Å². The quantitative estimate of drug-likeness (QED) is 0.264. The first-order chi connectivity index (χ1) is 15.1. The topological polar surface area (TPSA) is 80.3 Å². The van der Waals surface area contributed by atoms with Gasteiger partial charge >= 0.3 is 11.9 Å². The fraction of sp³-hybridized carbons (Fsp3) is 0.600. The van der Waals surface area contributed by atoms with Crippen molar-refractivity contribution < 1.29 is 33.3 Å². The van der Waals surface area contributed by atoms with Crippen LogP contribution in [0.3, 0.4) is 0 Å². The molecular formula is C25H38O7. The lowest BCUT2D eigenvalue weighted by molar-refractivity contribution is -0.310. The number of hydrogen-bond acceptors (Lipinski definition) is 7. The smallest absolute Gasteiger partial charge is 0.308 e. The summed E-state index contributed by atoms with van der Waals surface area (Å²) in [5.41, 5.74) is 1.02. The Kier molecular flexibility index (Phi) is 12.2. The van der Waals surface area contributed by atoms with Crippen LogP contribution in [0.5, 0.6) is 0 Å².